The molecule has 0 saturated heterocycles. The van der Waals surface area contributed by atoms with Crippen LogP contribution in [0.5, 0.6) is 0 Å². The molecule has 0 bridgehead atoms. The summed E-state index contributed by atoms with van der Waals surface area (Å²) in [6.45, 7) is 1.86. The monoisotopic (exact) mass is 484 g/mol. The van der Waals surface area contributed by atoms with Crippen LogP contribution < -0.4 is 22.3 Å². The molecule has 1 atom stereocenters. The Bertz CT molecular complexity index is 1390. The summed E-state index contributed by atoms with van der Waals surface area (Å²) in [5.74, 6) is -1.83. The van der Waals surface area contributed by atoms with Crippen LogP contribution in [0.4, 0.5) is 0 Å². The number of aliphatic carboxylic acids is 1. The van der Waals surface area contributed by atoms with Crippen LogP contribution in [0.15, 0.2) is 52.2 Å². The number of carboxylic acid groups (broad SMARTS) is 1. The molecular formula is C24H25ClN4O5. The Balaban J connectivity index is 1.89. The summed E-state index contributed by atoms with van der Waals surface area (Å²) in [5.41, 5.74) is 7.83. The number of amides is 1. The zero-order valence-electron chi connectivity index (χ0n) is 19.0. The van der Waals surface area contributed by atoms with E-state index in [0.29, 0.717) is 22.3 Å². The summed E-state index contributed by atoms with van der Waals surface area (Å²) in [5, 5.41) is 12.4. The maximum Gasteiger partial charge on any atom is 0.330 e. The van der Waals surface area contributed by atoms with Crippen LogP contribution in [0.2, 0.25) is 5.02 Å². The highest BCUT2D eigenvalue weighted by Crippen LogP contribution is 2.23. The summed E-state index contributed by atoms with van der Waals surface area (Å²) < 4.78 is 2.35. The molecule has 0 radical (unpaired) electrons. The predicted molar refractivity (Wildman–Crippen MR) is 129 cm³/mol. The van der Waals surface area contributed by atoms with Gasteiger partial charge in [0.05, 0.1) is 16.1 Å². The average Bonchev–Trinajstić information content (AvgIpc) is 2.79. The zero-order valence-corrected chi connectivity index (χ0v) is 19.7. The first-order valence-corrected chi connectivity index (χ1v) is 10.8. The molecule has 4 N–H and O–H groups in total. The number of benzene rings is 2. The Morgan fingerprint density at radius 2 is 1.85 bits per heavy atom. The third kappa shape index (κ3) is 4.95. The van der Waals surface area contributed by atoms with E-state index in [1.54, 1.807) is 44.3 Å². The van der Waals surface area contributed by atoms with Crippen molar-refractivity contribution in [3.8, 4) is 11.1 Å². The molecule has 1 amide bonds. The van der Waals surface area contributed by atoms with Crippen molar-refractivity contribution in [2.75, 3.05) is 0 Å². The van der Waals surface area contributed by atoms with Crippen molar-refractivity contribution in [3.05, 3.63) is 90.7 Å². The number of hydrogen-bond acceptors (Lipinski definition) is 5. The Labute approximate surface area is 200 Å². The van der Waals surface area contributed by atoms with Crippen LogP contribution >= 0.6 is 11.6 Å². The highest BCUT2D eigenvalue weighted by Gasteiger charge is 2.24. The number of aryl methyl sites for hydroxylation is 2. The molecule has 0 unspecified atom stereocenters. The second-order valence-corrected chi connectivity index (χ2v) is 8.40. The predicted octanol–water partition coefficient (Wildman–Crippen LogP) is 1.60. The number of hydrogen-bond donors (Lipinski definition) is 3. The second-order valence-electron chi connectivity index (χ2n) is 8.00. The van der Waals surface area contributed by atoms with E-state index in [4.69, 9.17) is 17.3 Å². The minimum absolute atomic E-state index is 0.00981. The van der Waals surface area contributed by atoms with Crippen LogP contribution in [-0.2, 0) is 31.9 Å². The fourth-order valence-corrected chi connectivity index (χ4v) is 4.09. The molecule has 9 nitrogen and oxygen atoms in total. The van der Waals surface area contributed by atoms with E-state index in [0.717, 1.165) is 10.1 Å². The number of nitrogens with one attached hydrogen (secondary N) is 1. The van der Waals surface area contributed by atoms with Gasteiger partial charge in [0.15, 0.2) is 0 Å². The van der Waals surface area contributed by atoms with Gasteiger partial charge in [0.1, 0.15) is 6.04 Å². The van der Waals surface area contributed by atoms with Gasteiger partial charge in [0, 0.05) is 33.3 Å². The molecule has 3 rings (SSSR count). The number of nitrogens with two attached hydrogens (primary N) is 1. The lowest BCUT2D eigenvalue weighted by atomic mass is 9.97. The van der Waals surface area contributed by atoms with Crippen molar-refractivity contribution in [2.45, 2.75) is 25.9 Å². The normalized spacial score (nSPS) is 11.8. The lowest BCUT2D eigenvalue weighted by Gasteiger charge is -2.18. The molecule has 1 aromatic heterocycles. The van der Waals surface area contributed by atoms with E-state index in [1.165, 1.54) is 23.9 Å². The maximum atomic E-state index is 12.8. The van der Waals surface area contributed by atoms with E-state index in [-0.39, 0.29) is 23.6 Å². The van der Waals surface area contributed by atoms with Crippen LogP contribution in [0.1, 0.15) is 27.0 Å². The number of carboxylic acids is 1. The zero-order chi connectivity index (χ0) is 25.2. The van der Waals surface area contributed by atoms with Crippen LogP contribution in [-0.4, -0.2) is 32.2 Å². The Hall–Kier alpha value is -3.69. The second kappa shape index (κ2) is 10.1. The van der Waals surface area contributed by atoms with Gasteiger partial charge in [-0.3, -0.25) is 14.2 Å². The molecule has 10 heteroatoms. The van der Waals surface area contributed by atoms with Crippen molar-refractivity contribution in [1.29, 1.82) is 0 Å². The lowest BCUT2D eigenvalue weighted by molar-refractivity contribution is -0.139. The minimum atomic E-state index is -1.22. The number of halogens is 1. The first kappa shape index (κ1) is 24.9. The standard InChI is InChI=1S/C24H25ClN4O5/c1-13-9-14(7-8-16(13)17-12-28(2)24(34)29(3)22(17)31)10-19(23(32)33)27-21(30)20-15(11-26)5-4-6-18(20)25/h4-9,12,19H,10-11,26H2,1-3H3,(H,27,30)(H,32,33)/t19-/m0/s1. The van der Waals surface area contributed by atoms with E-state index in [1.807, 2.05) is 0 Å². The summed E-state index contributed by atoms with van der Waals surface area (Å²) in [6, 6.07) is 8.79. The van der Waals surface area contributed by atoms with Gasteiger partial charge in [-0.05, 0) is 35.2 Å². The quantitative estimate of drug-likeness (QED) is 0.466. The molecule has 2 aromatic carbocycles. The third-order valence-electron chi connectivity index (χ3n) is 5.62. The summed E-state index contributed by atoms with van der Waals surface area (Å²) in [7, 11) is 2.97. The summed E-state index contributed by atoms with van der Waals surface area (Å²) in [4.78, 5) is 49.2. The molecule has 0 fully saturated rings. The fraction of sp³-hybridized carbons (Fsp3) is 0.250. The molecule has 0 spiro atoms. The van der Waals surface area contributed by atoms with Gasteiger partial charge in [-0.25, -0.2) is 9.59 Å². The number of nitrogens with zero attached hydrogens (tertiary/aromatic N) is 2. The van der Waals surface area contributed by atoms with Gasteiger partial charge in [-0.15, -0.1) is 0 Å². The number of carbonyl (C=O) groups is 2. The van der Waals surface area contributed by atoms with Gasteiger partial charge in [-0.1, -0.05) is 41.9 Å². The van der Waals surface area contributed by atoms with Crippen LogP contribution in [0.3, 0.4) is 0 Å². The highest BCUT2D eigenvalue weighted by atomic mass is 35.5. The molecule has 0 aliphatic rings. The van der Waals surface area contributed by atoms with Crippen molar-refractivity contribution in [2.24, 2.45) is 19.8 Å². The molecule has 178 valence electrons. The molecule has 0 aliphatic heterocycles. The van der Waals surface area contributed by atoms with E-state index in [9.17, 15) is 24.3 Å². The molecule has 34 heavy (non-hydrogen) atoms. The number of carbonyl (C=O) groups excluding carboxylic acids is 1. The third-order valence-corrected chi connectivity index (χ3v) is 5.93. The molecule has 0 saturated carbocycles. The van der Waals surface area contributed by atoms with Gasteiger partial charge in [-0.2, -0.15) is 0 Å². The highest BCUT2D eigenvalue weighted by molar-refractivity contribution is 6.34. The van der Waals surface area contributed by atoms with Crippen molar-refractivity contribution in [3.63, 3.8) is 0 Å². The molecule has 0 aliphatic carbocycles. The largest absolute Gasteiger partial charge is 0.480 e. The number of aromatic nitrogens is 2. The summed E-state index contributed by atoms with van der Waals surface area (Å²) >= 11 is 6.16. The van der Waals surface area contributed by atoms with E-state index >= 15 is 0 Å². The maximum absolute atomic E-state index is 12.8. The van der Waals surface area contributed by atoms with Gasteiger partial charge < -0.3 is 20.7 Å². The smallest absolute Gasteiger partial charge is 0.330 e. The minimum Gasteiger partial charge on any atom is -0.480 e. The van der Waals surface area contributed by atoms with Crippen molar-refractivity contribution < 1.29 is 14.7 Å². The van der Waals surface area contributed by atoms with Crippen molar-refractivity contribution in [1.82, 2.24) is 14.5 Å². The Kier molecular flexibility index (Phi) is 7.38. The van der Waals surface area contributed by atoms with Gasteiger partial charge >= 0.3 is 11.7 Å². The topological polar surface area (TPSA) is 136 Å². The first-order chi connectivity index (χ1) is 16.0. The fourth-order valence-electron chi connectivity index (χ4n) is 3.81. The van der Waals surface area contributed by atoms with Gasteiger partial charge in [0.25, 0.3) is 11.5 Å². The SMILES string of the molecule is Cc1cc(C[C@H](NC(=O)c2c(Cl)cccc2CN)C(=O)O)ccc1-c1cn(C)c(=O)n(C)c1=O. The van der Waals surface area contributed by atoms with E-state index < -0.39 is 29.2 Å². The Morgan fingerprint density at radius 3 is 2.47 bits per heavy atom. The van der Waals surface area contributed by atoms with Crippen LogP contribution in [0.25, 0.3) is 11.1 Å². The average molecular weight is 485 g/mol. The summed E-state index contributed by atoms with van der Waals surface area (Å²) in [6.07, 6.45) is 1.49. The number of rotatable bonds is 7. The molecule has 3 aromatic rings. The van der Waals surface area contributed by atoms with Crippen molar-refractivity contribution >= 4 is 23.5 Å². The molecule has 1 heterocycles. The Morgan fingerprint density at radius 1 is 1.15 bits per heavy atom. The first-order valence-electron chi connectivity index (χ1n) is 10.4. The van der Waals surface area contributed by atoms with Crippen LogP contribution in [0, 0.1) is 6.92 Å². The van der Waals surface area contributed by atoms with Gasteiger partial charge in [0.2, 0.25) is 0 Å². The lowest BCUT2D eigenvalue weighted by Crippen LogP contribution is -2.42. The molecular weight excluding hydrogens is 460 g/mol. The van der Waals surface area contributed by atoms with E-state index in [2.05, 4.69) is 5.32 Å².